The van der Waals surface area contributed by atoms with Crippen molar-refractivity contribution in [1.82, 2.24) is 5.32 Å². The van der Waals surface area contributed by atoms with E-state index in [4.69, 9.17) is 20.8 Å². The highest BCUT2D eigenvalue weighted by Crippen LogP contribution is 2.23. The average molecular weight is 372 g/mol. The molecular weight excluding hydrogens is 354 g/mol. The van der Waals surface area contributed by atoms with Crippen LogP contribution < -0.4 is 15.7 Å². The second kappa shape index (κ2) is 7.62. The largest absolute Gasteiger partial charge is 0.491 e. The molecule has 1 amide bonds. The summed E-state index contributed by atoms with van der Waals surface area (Å²) < 4.78 is 10.8. The van der Waals surface area contributed by atoms with Crippen LogP contribution in [0.25, 0.3) is 11.0 Å². The molecule has 26 heavy (non-hydrogen) atoms. The summed E-state index contributed by atoms with van der Waals surface area (Å²) in [5, 5.41) is 3.90. The number of benzene rings is 2. The molecule has 0 saturated heterocycles. The first-order valence-corrected chi connectivity index (χ1v) is 8.58. The molecule has 1 N–H and O–H groups in total. The van der Waals surface area contributed by atoms with E-state index in [1.54, 1.807) is 24.3 Å². The summed E-state index contributed by atoms with van der Waals surface area (Å²) in [5.74, 6) is 0.199. The van der Waals surface area contributed by atoms with Crippen molar-refractivity contribution < 1.29 is 13.9 Å². The van der Waals surface area contributed by atoms with Crippen LogP contribution in [0.15, 0.2) is 57.7 Å². The Kier molecular flexibility index (Phi) is 5.28. The fourth-order valence-electron chi connectivity index (χ4n) is 2.59. The molecule has 0 aliphatic rings. The molecule has 0 radical (unpaired) electrons. The van der Waals surface area contributed by atoms with E-state index in [0.29, 0.717) is 21.7 Å². The zero-order valence-corrected chi connectivity index (χ0v) is 15.2. The molecule has 3 aromatic rings. The van der Waals surface area contributed by atoms with Gasteiger partial charge in [0.15, 0.2) is 0 Å². The second-order valence-corrected chi connectivity index (χ2v) is 6.48. The number of rotatable bonds is 5. The summed E-state index contributed by atoms with van der Waals surface area (Å²) in [6.07, 6.45) is -0.0127. The molecular formula is C20H18ClNO4. The monoisotopic (exact) mass is 371 g/mol. The standard InChI is InChI=1S/C20H18ClNO4/c1-12(2)25-14-7-8-15-16(10-19(23)26-18(15)9-14)20(24)22-11-13-5-3-4-6-17(13)21/h3-10,12H,11H2,1-2H3,(H,22,24). The number of carbonyl (C=O) groups excluding carboxylic acids is 1. The molecule has 0 unspecified atom stereocenters. The van der Waals surface area contributed by atoms with Gasteiger partial charge in [0.05, 0.1) is 11.7 Å². The van der Waals surface area contributed by atoms with Gasteiger partial charge in [-0.25, -0.2) is 4.79 Å². The van der Waals surface area contributed by atoms with E-state index < -0.39 is 5.63 Å². The average Bonchev–Trinajstić information content (AvgIpc) is 2.59. The predicted molar refractivity (Wildman–Crippen MR) is 101 cm³/mol. The molecule has 1 aromatic heterocycles. The van der Waals surface area contributed by atoms with Crippen molar-refractivity contribution >= 4 is 28.5 Å². The molecule has 6 heteroatoms. The molecule has 3 rings (SSSR count). The van der Waals surface area contributed by atoms with Crippen molar-refractivity contribution in [1.29, 1.82) is 0 Å². The van der Waals surface area contributed by atoms with Crippen LogP contribution in [0, 0.1) is 0 Å². The Morgan fingerprint density at radius 2 is 1.96 bits per heavy atom. The highest BCUT2D eigenvalue weighted by molar-refractivity contribution is 6.31. The van der Waals surface area contributed by atoms with Crippen LogP contribution in [-0.4, -0.2) is 12.0 Å². The Hall–Kier alpha value is -2.79. The zero-order valence-electron chi connectivity index (χ0n) is 14.4. The first kappa shape index (κ1) is 18.0. The molecule has 0 aliphatic carbocycles. The molecule has 0 fully saturated rings. The topological polar surface area (TPSA) is 68.5 Å². The number of carbonyl (C=O) groups is 1. The Bertz CT molecular complexity index is 1010. The lowest BCUT2D eigenvalue weighted by molar-refractivity contribution is 0.0952. The van der Waals surface area contributed by atoms with E-state index in [2.05, 4.69) is 5.32 Å². The minimum absolute atomic E-state index is 0.0127. The lowest BCUT2D eigenvalue weighted by Crippen LogP contribution is -2.24. The predicted octanol–water partition coefficient (Wildman–Crippen LogP) is 4.16. The number of nitrogens with one attached hydrogen (secondary N) is 1. The van der Waals surface area contributed by atoms with Crippen molar-refractivity contribution in [2.45, 2.75) is 26.5 Å². The van der Waals surface area contributed by atoms with Gasteiger partial charge in [-0.3, -0.25) is 4.79 Å². The van der Waals surface area contributed by atoms with Gasteiger partial charge in [0, 0.05) is 29.1 Å². The van der Waals surface area contributed by atoms with Gasteiger partial charge >= 0.3 is 5.63 Å². The van der Waals surface area contributed by atoms with Crippen molar-refractivity contribution in [3.05, 3.63) is 75.1 Å². The summed E-state index contributed by atoms with van der Waals surface area (Å²) >= 11 is 6.10. The van der Waals surface area contributed by atoms with Gasteiger partial charge in [-0.1, -0.05) is 29.8 Å². The van der Waals surface area contributed by atoms with Gasteiger partial charge in [0.1, 0.15) is 11.3 Å². The SMILES string of the molecule is CC(C)Oc1ccc2c(C(=O)NCc3ccccc3Cl)cc(=O)oc2c1. The van der Waals surface area contributed by atoms with Crippen LogP contribution in [0.3, 0.4) is 0 Å². The fourth-order valence-corrected chi connectivity index (χ4v) is 2.79. The molecule has 0 saturated carbocycles. The number of fused-ring (bicyclic) bond motifs is 1. The van der Waals surface area contributed by atoms with Crippen molar-refractivity contribution in [3.63, 3.8) is 0 Å². The number of hydrogen-bond acceptors (Lipinski definition) is 4. The Morgan fingerprint density at radius 3 is 2.69 bits per heavy atom. The summed E-state index contributed by atoms with van der Waals surface area (Å²) in [6.45, 7) is 4.06. The van der Waals surface area contributed by atoms with Crippen LogP contribution in [0.4, 0.5) is 0 Å². The van der Waals surface area contributed by atoms with Crippen molar-refractivity contribution in [2.75, 3.05) is 0 Å². The van der Waals surface area contributed by atoms with E-state index in [1.165, 1.54) is 6.07 Å². The highest BCUT2D eigenvalue weighted by atomic mass is 35.5. The van der Waals surface area contributed by atoms with E-state index in [0.717, 1.165) is 5.56 Å². The van der Waals surface area contributed by atoms with Gasteiger partial charge in [0.25, 0.3) is 5.91 Å². The molecule has 1 heterocycles. The summed E-state index contributed by atoms with van der Waals surface area (Å²) in [5.41, 5.74) is 0.752. The Labute approximate surface area is 155 Å². The van der Waals surface area contributed by atoms with Crippen LogP contribution >= 0.6 is 11.6 Å². The van der Waals surface area contributed by atoms with Crippen LogP contribution in [-0.2, 0) is 6.54 Å². The quantitative estimate of drug-likeness (QED) is 0.683. The first-order valence-electron chi connectivity index (χ1n) is 8.20. The number of halogens is 1. The third-order valence-electron chi connectivity index (χ3n) is 3.73. The van der Waals surface area contributed by atoms with Gasteiger partial charge in [-0.05, 0) is 37.6 Å². The number of amides is 1. The zero-order chi connectivity index (χ0) is 18.7. The molecule has 0 atom stereocenters. The van der Waals surface area contributed by atoms with Crippen molar-refractivity contribution in [2.24, 2.45) is 0 Å². The number of ether oxygens (including phenoxy) is 1. The Morgan fingerprint density at radius 1 is 1.19 bits per heavy atom. The molecule has 5 nitrogen and oxygen atoms in total. The van der Waals surface area contributed by atoms with E-state index in [9.17, 15) is 9.59 Å². The highest BCUT2D eigenvalue weighted by Gasteiger charge is 2.14. The summed E-state index contributed by atoms with van der Waals surface area (Å²) in [6, 6.07) is 13.5. The maximum absolute atomic E-state index is 12.6. The van der Waals surface area contributed by atoms with Gasteiger partial charge in [-0.2, -0.15) is 0 Å². The fraction of sp³-hybridized carbons (Fsp3) is 0.200. The van der Waals surface area contributed by atoms with Crippen LogP contribution in [0.5, 0.6) is 5.75 Å². The molecule has 0 aliphatic heterocycles. The molecule has 0 spiro atoms. The normalized spacial score (nSPS) is 10.9. The van der Waals surface area contributed by atoms with Gasteiger partial charge in [-0.15, -0.1) is 0 Å². The van der Waals surface area contributed by atoms with Crippen molar-refractivity contribution in [3.8, 4) is 5.75 Å². The van der Waals surface area contributed by atoms with Gasteiger partial charge in [0.2, 0.25) is 0 Å². The van der Waals surface area contributed by atoms with E-state index >= 15 is 0 Å². The Balaban J connectivity index is 1.90. The summed E-state index contributed by atoms with van der Waals surface area (Å²) in [7, 11) is 0. The molecule has 0 bridgehead atoms. The third-order valence-corrected chi connectivity index (χ3v) is 4.10. The molecule has 134 valence electrons. The summed E-state index contributed by atoms with van der Waals surface area (Å²) in [4.78, 5) is 24.5. The smallest absolute Gasteiger partial charge is 0.337 e. The van der Waals surface area contributed by atoms with Crippen LogP contribution in [0.1, 0.15) is 29.8 Å². The van der Waals surface area contributed by atoms with Gasteiger partial charge < -0.3 is 14.5 Å². The minimum Gasteiger partial charge on any atom is -0.491 e. The lowest BCUT2D eigenvalue weighted by atomic mass is 10.1. The minimum atomic E-state index is -0.595. The number of hydrogen-bond donors (Lipinski definition) is 1. The second-order valence-electron chi connectivity index (χ2n) is 6.08. The van der Waals surface area contributed by atoms with Crippen LogP contribution in [0.2, 0.25) is 5.02 Å². The van der Waals surface area contributed by atoms with E-state index in [1.807, 2.05) is 32.0 Å². The lowest BCUT2D eigenvalue weighted by Gasteiger charge is -2.11. The maximum Gasteiger partial charge on any atom is 0.337 e. The molecule has 2 aromatic carbocycles. The first-order chi connectivity index (χ1) is 12.4. The third kappa shape index (κ3) is 4.06. The maximum atomic E-state index is 12.6. The van der Waals surface area contributed by atoms with E-state index in [-0.39, 0.29) is 24.1 Å².